The number of nitrogens with one attached hydrogen (secondary N) is 2. The zero-order valence-corrected chi connectivity index (χ0v) is 13.7. The fraction of sp³-hybridized carbons (Fsp3) is 0.167. The molecule has 0 aliphatic rings. The largest absolute Gasteiger partial charge is 0.496 e. The second-order valence-electron chi connectivity index (χ2n) is 5.32. The van der Waals surface area contributed by atoms with E-state index in [0.717, 1.165) is 17.0 Å². The molecular formula is C18H19N5O. The molecule has 0 amide bonds. The molecule has 0 radical (unpaired) electrons. The summed E-state index contributed by atoms with van der Waals surface area (Å²) in [5.41, 5.74) is 3.19. The molecule has 0 spiro atoms. The van der Waals surface area contributed by atoms with Crippen molar-refractivity contribution in [2.45, 2.75) is 13.5 Å². The smallest absolute Gasteiger partial charge is 0.244 e. The van der Waals surface area contributed by atoms with Crippen LogP contribution in [-0.2, 0) is 6.54 Å². The second kappa shape index (κ2) is 7.41. The van der Waals surface area contributed by atoms with Gasteiger partial charge >= 0.3 is 0 Å². The number of rotatable bonds is 6. The molecule has 6 heteroatoms. The Labute approximate surface area is 140 Å². The minimum atomic E-state index is 0.456. The molecule has 2 aromatic carbocycles. The van der Waals surface area contributed by atoms with Crippen molar-refractivity contribution in [2.75, 3.05) is 17.7 Å². The minimum absolute atomic E-state index is 0.456. The van der Waals surface area contributed by atoms with E-state index < -0.39 is 0 Å². The molecule has 6 nitrogen and oxygen atoms in total. The summed E-state index contributed by atoms with van der Waals surface area (Å²) in [6.07, 6.45) is 1.59. The Balaban J connectivity index is 1.68. The monoisotopic (exact) mass is 321 g/mol. The normalized spacial score (nSPS) is 10.2. The van der Waals surface area contributed by atoms with Gasteiger partial charge in [-0.2, -0.15) is 10.1 Å². The van der Waals surface area contributed by atoms with E-state index in [0.29, 0.717) is 18.3 Å². The highest BCUT2D eigenvalue weighted by molar-refractivity contribution is 5.56. The standard InChI is InChI=1S/C18H19N5O/c1-13-7-9-15(10-8-13)21-17-12-20-23-18(22-17)19-11-14-5-3-4-6-16(14)24-2/h3-10,12H,11H2,1-2H3,(H2,19,21,22,23). The van der Waals surface area contributed by atoms with Gasteiger partial charge in [0, 0.05) is 17.8 Å². The highest BCUT2D eigenvalue weighted by atomic mass is 16.5. The predicted molar refractivity (Wildman–Crippen MR) is 94.6 cm³/mol. The van der Waals surface area contributed by atoms with Gasteiger partial charge < -0.3 is 15.4 Å². The number of para-hydroxylation sites is 1. The first-order chi connectivity index (χ1) is 11.7. The van der Waals surface area contributed by atoms with Crippen LogP contribution in [0.15, 0.2) is 54.7 Å². The first-order valence-electron chi connectivity index (χ1n) is 7.64. The molecule has 0 unspecified atom stereocenters. The van der Waals surface area contributed by atoms with Crippen LogP contribution in [0.2, 0.25) is 0 Å². The topological polar surface area (TPSA) is 72.0 Å². The summed E-state index contributed by atoms with van der Waals surface area (Å²) in [4.78, 5) is 4.42. The van der Waals surface area contributed by atoms with Crippen LogP contribution in [0.5, 0.6) is 5.75 Å². The number of aryl methyl sites for hydroxylation is 1. The lowest BCUT2D eigenvalue weighted by molar-refractivity contribution is 0.410. The number of hydrogen-bond donors (Lipinski definition) is 2. The summed E-state index contributed by atoms with van der Waals surface area (Å²) in [6, 6.07) is 15.9. The van der Waals surface area contributed by atoms with Crippen LogP contribution < -0.4 is 15.4 Å². The molecule has 0 fully saturated rings. The number of anilines is 3. The molecule has 0 atom stereocenters. The molecule has 1 heterocycles. The molecule has 2 N–H and O–H groups in total. The lowest BCUT2D eigenvalue weighted by Crippen LogP contribution is -2.07. The highest BCUT2D eigenvalue weighted by Gasteiger charge is 2.04. The first-order valence-corrected chi connectivity index (χ1v) is 7.64. The Bertz CT molecular complexity index is 805. The summed E-state index contributed by atoms with van der Waals surface area (Å²) in [7, 11) is 1.66. The van der Waals surface area contributed by atoms with Crippen molar-refractivity contribution in [3.63, 3.8) is 0 Å². The summed E-state index contributed by atoms with van der Waals surface area (Å²) < 4.78 is 5.34. The summed E-state index contributed by atoms with van der Waals surface area (Å²) >= 11 is 0. The Hall–Kier alpha value is -3.15. The number of methoxy groups -OCH3 is 1. The third-order valence-electron chi connectivity index (χ3n) is 3.51. The van der Waals surface area contributed by atoms with Crippen molar-refractivity contribution in [1.82, 2.24) is 15.2 Å². The number of benzene rings is 2. The van der Waals surface area contributed by atoms with Crippen LogP contribution >= 0.6 is 0 Å². The van der Waals surface area contributed by atoms with Crippen molar-refractivity contribution < 1.29 is 4.74 Å². The van der Waals surface area contributed by atoms with Gasteiger partial charge in [0.15, 0.2) is 5.82 Å². The van der Waals surface area contributed by atoms with Gasteiger partial charge in [-0.3, -0.25) is 0 Å². The number of aromatic nitrogens is 3. The van der Waals surface area contributed by atoms with E-state index >= 15 is 0 Å². The molecular weight excluding hydrogens is 302 g/mol. The Morgan fingerprint density at radius 3 is 2.62 bits per heavy atom. The quantitative estimate of drug-likeness (QED) is 0.723. The lowest BCUT2D eigenvalue weighted by atomic mass is 10.2. The average molecular weight is 321 g/mol. The van der Waals surface area contributed by atoms with E-state index in [9.17, 15) is 0 Å². The molecule has 0 aliphatic carbocycles. The van der Waals surface area contributed by atoms with Crippen molar-refractivity contribution >= 4 is 17.5 Å². The number of nitrogens with zero attached hydrogens (tertiary/aromatic N) is 3. The SMILES string of the molecule is COc1ccccc1CNc1nncc(Nc2ccc(C)cc2)n1. The summed E-state index contributed by atoms with van der Waals surface area (Å²) in [6.45, 7) is 2.61. The molecule has 0 saturated carbocycles. The van der Waals surface area contributed by atoms with Gasteiger partial charge in [0.25, 0.3) is 0 Å². The van der Waals surface area contributed by atoms with Gasteiger partial charge in [0.1, 0.15) is 5.75 Å². The lowest BCUT2D eigenvalue weighted by Gasteiger charge is -2.10. The Morgan fingerprint density at radius 1 is 1.04 bits per heavy atom. The molecule has 3 aromatic rings. The van der Waals surface area contributed by atoms with Crippen molar-refractivity contribution in [3.05, 3.63) is 65.9 Å². The maximum Gasteiger partial charge on any atom is 0.244 e. The van der Waals surface area contributed by atoms with E-state index in [2.05, 4.69) is 32.7 Å². The molecule has 122 valence electrons. The average Bonchev–Trinajstić information content (AvgIpc) is 2.62. The van der Waals surface area contributed by atoms with Crippen molar-refractivity contribution in [2.24, 2.45) is 0 Å². The Morgan fingerprint density at radius 2 is 1.83 bits per heavy atom. The van der Waals surface area contributed by atoms with E-state index in [4.69, 9.17) is 4.74 Å². The predicted octanol–water partition coefficient (Wildman–Crippen LogP) is 3.54. The van der Waals surface area contributed by atoms with E-state index in [1.807, 2.05) is 48.5 Å². The van der Waals surface area contributed by atoms with Crippen LogP contribution in [0.4, 0.5) is 17.5 Å². The molecule has 0 bridgehead atoms. The van der Waals surface area contributed by atoms with Crippen molar-refractivity contribution in [3.8, 4) is 5.75 Å². The van der Waals surface area contributed by atoms with Crippen LogP contribution in [0.3, 0.4) is 0 Å². The van der Waals surface area contributed by atoms with E-state index in [1.165, 1.54) is 5.56 Å². The molecule has 1 aromatic heterocycles. The van der Waals surface area contributed by atoms with Crippen LogP contribution in [0.1, 0.15) is 11.1 Å². The molecule has 3 rings (SSSR count). The maximum atomic E-state index is 5.34. The van der Waals surface area contributed by atoms with Gasteiger partial charge in [0.2, 0.25) is 5.95 Å². The maximum absolute atomic E-state index is 5.34. The van der Waals surface area contributed by atoms with Crippen LogP contribution in [0.25, 0.3) is 0 Å². The van der Waals surface area contributed by atoms with Gasteiger partial charge in [-0.15, -0.1) is 5.10 Å². The second-order valence-corrected chi connectivity index (χ2v) is 5.32. The Kier molecular flexibility index (Phi) is 4.86. The fourth-order valence-corrected chi connectivity index (χ4v) is 2.25. The number of hydrogen-bond acceptors (Lipinski definition) is 6. The van der Waals surface area contributed by atoms with Crippen LogP contribution in [0, 0.1) is 6.92 Å². The zero-order chi connectivity index (χ0) is 16.8. The first kappa shape index (κ1) is 15.7. The van der Waals surface area contributed by atoms with Gasteiger partial charge in [-0.25, -0.2) is 0 Å². The van der Waals surface area contributed by atoms with E-state index in [1.54, 1.807) is 13.3 Å². The molecule has 0 saturated heterocycles. The number of ether oxygens (including phenoxy) is 1. The van der Waals surface area contributed by atoms with Crippen molar-refractivity contribution in [1.29, 1.82) is 0 Å². The summed E-state index contributed by atoms with van der Waals surface area (Å²) in [5.74, 6) is 1.92. The molecule has 0 aliphatic heterocycles. The minimum Gasteiger partial charge on any atom is -0.496 e. The highest BCUT2D eigenvalue weighted by Crippen LogP contribution is 2.19. The van der Waals surface area contributed by atoms with Gasteiger partial charge in [0.05, 0.1) is 13.3 Å². The van der Waals surface area contributed by atoms with Gasteiger partial charge in [-0.1, -0.05) is 35.9 Å². The van der Waals surface area contributed by atoms with E-state index in [-0.39, 0.29) is 0 Å². The van der Waals surface area contributed by atoms with Gasteiger partial charge in [-0.05, 0) is 25.1 Å². The fourth-order valence-electron chi connectivity index (χ4n) is 2.25. The third-order valence-corrected chi connectivity index (χ3v) is 3.51. The zero-order valence-electron chi connectivity index (χ0n) is 13.7. The van der Waals surface area contributed by atoms with Crippen LogP contribution in [-0.4, -0.2) is 22.3 Å². The summed E-state index contributed by atoms with van der Waals surface area (Å²) in [5, 5.41) is 14.4. The third kappa shape index (κ3) is 3.98. The molecule has 24 heavy (non-hydrogen) atoms.